The third kappa shape index (κ3) is 5.24. The Kier molecular flexibility index (Phi) is 6.52. The van der Waals surface area contributed by atoms with Gasteiger partial charge in [-0.1, -0.05) is 25.7 Å². The van der Waals surface area contributed by atoms with Gasteiger partial charge in [0.15, 0.2) is 11.4 Å². The van der Waals surface area contributed by atoms with Crippen LogP contribution in [0.15, 0.2) is 58.6 Å². The fraction of sp³-hybridized carbons (Fsp3) is 0.435. The summed E-state index contributed by atoms with van der Waals surface area (Å²) in [7, 11) is 1.93. The monoisotopic (exact) mass is 474 g/mol. The molecule has 7 nitrogen and oxygen atoms in total. The lowest BCUT2D eigenvalue weighted by Gasteiger charge is -2.13. The molecule has 2 unspecified atom stereocenters. The summed E-state index contributed by atoms with van der Waals surface area (Å²) in [5, 5.41) is 14.4. The topological polar surface area (TPSA) is 80.7 Å². The molecule has 2 aromatic heterocycles. The molecule has 33 heavy (non-hydrogen) atoms. The number of anilines is 1. The Morgan fingerprint density at radius 1 is 1.48 bits per heavy atom. The Bertz CT molecular complexity index is 1160. The number of pyridine rings is 1. The molecule has 0 spiro atoms. The quantitative estimate of drug-likeness (QED) is 0.407. The van der Waals surface area contributed by atoms with Gasteiger partial charge in [-0.2, -0.15) is 4.98 Å². The Balaban J connectivity index is 1.48. The molecule has 4 rings (SSSR count). The fourth-order valence-electron chi connectivity index (χ4n) is 3.44. The van der Waals surface area contributed by atoms with Crippen molar-refractivity contribution in [2.45, 2.75) is 39.2 Å². The lowest BCUT2D eigenvalue weighted by atomic mass is 10.2. The average molecular weight is 475 g/mol. The lowest BCUT2D eigenvalue weighted by molar-refractivity contribution is 0.0857. The van der Waals surface area contributed by atoms with E-state index in [1.165, 1.54) is 0 Å². The molecule has 10 heteroatoms. The number of nitrogens with zero attached hydrogens (tertiary/aromatic N) is 4. The predicted molar refractivity (Wildman–Crippen MR) is 127 cm³/mol. The Hall–Kier alpha value is -2.81. The van der Waals surface area contributed by atoms with Crippen molar-refractivity contribution in [3.8, 4) is 5.75 Å². The third-order valence-electron chi connectivity index (χ3n) is 5.48. The SMILES string of the molecule is CC=C1/C(=C\N(C)C(=C=CC(C)C)SN)C1Nc1nc2c(OCC3CC3(F)F)cccn2n1. The zero-order chi connectivity index (χ0) is 23.8. The van der Waals surface area contributed by atoms with Gasteiger partial charge in [-0.15, -0.1) is 5.10 Å². The van der Waals surface area contributed by atoms with E-state index in [9.17, 15) is 8.78 Å². The molecule has 2 fully saturated rings. The van der Waals surface area contributed by atoms with Gasteiger partial charge in [0.25, 0.3) is 5.92 Å². The highest BCUT2D eigenvalue weighted by atomic mass is 32.2. The van der Waals surface area contributed by atoms with Crippen LogP contribution in [-0.4, -0.2) is 45.1 Å². The maximum atomic E-state index is 13.2. The molecule has 0 amide bonds. The molecule has 0 saturated heterocycles. The Labute approximate surface area is 196 Å². The van der Waals surface area contributed by atoms with E-state index in [1.807, 2.05) is 37.2 Å². The largest absolute Gasteiger partial charge is 0.489 e. The number of halogens is 2. The summed E-state index contributed by atoms with van der Waals surface area (Å²) in [5.41, 5.74) is 5.96. The van der Waals surface area contributed by atoms with Crippen LogP contribution < -0.4 is 15.2 Å². The molecule has 0 aromatic carbocycles. The summed E-state index contributed by atoms with van der Waals surface area (Å²) in [6, 6.07) is 3.44. The highest BCUT2D eigenvalue weighted by Gasteiger charge is 2.57. The zero-order valence-corrected chi connectivity index (χ0v) is 19.9. The minimum Gasteiger partial charge on any atom is -0.489 e. The van der Waals surface area contributed by atoms with E-state index in [0.29, 0.717) is 23.3 Å². The number of hydrogen-bond acceptors (Lipinski definition) is 7. The number of nitrogens with one attached hydrogen (secondary N) is 1. The van der Waals surface area contributed by atoms with Crippen LogP contribution in [0.25, 0.3) is 5.65 Å². The first-order valence-electron chi connectivity index (χ1n) is 10.8. The van der Waals surface area contributed by atoms with Gasteiger partial charge in [-0.3, -0.25) is 5.14 Å². The van der Waals surface area contributed by atoms with Gasteiger partial charge >= 0.3 is 0 Å². The van der Waals surface area contributed by atoms with Crippen molar-refractivity contribution < 1.29 is 13.5 Å². The standard InChI is InChI=1S/C23H28F2N6OS/c1-5-16-17(12-30(4)19(33-26)9-8-14(2)3)20(16)27-22-28-21-18(7-6-10-31(21)29-22)32-13-15-11-23(15,24)25/h5-8,10,12,14-15,20H,11,13,26H2,1-4H3,(H,27,29)/b16-5?,17-12+. The molecule has 2 aliphatic carbocycles. The summed E-state index contributed by atoms with van der Waals surface area (Å²) in [6.07, 6.45) is 7.66. The summed E-state index contributed by atoms with van der Waals surface area (Å²) < 4.78 is 33.5. The molecular weight excluding hydrogens is 446 g/mol. The van der Waals surface area contributed by atoms with Gasteiger partial charge in [0.05, 0.1) is 18.6 Å². The van der Waals surface area contributed by atoms with Crippen LogP contribution in [0.2, 0.25) is 0 Å². The normalized spacial score (nSPS) is 23.0. The summed E-state index contributed by atoms with van der Waals surface area (Å²) in [4.78, 5) is 6.47. The van der Waals surface area contributed by atoms with Crippen molar-refractivity contribution in [3.63, 3.8) is 0 Å². The second-order valence-corrected chi connectivity index (χ2v) is 9.17. The van der Waals surface area contributed by atoms with E-state index in [1.54, 1.807) is 22.8 Å². The van der Waals surface area contributed by atoms with Gasteiger partial charge in [-0.25, -0.2) is 13.3 Å². The van der Waals surface area contributed by atoms with Crippen molar-refractivity contribution in [3.05, 3.63) is 58.6 Å². The van der Waals surface area contributed by atoms with Crippen LogP contribution in [0, 0.1) is 11.8 Å². The van der Waals surface area contributed by atoms with Crippen molar-refractivity contribution in [1.29, 1.82) is 0 Å². The second-order valence-electron chi connectivity index (χ2n) is 8.54. The van der Waals surface area contributed by atoms with E-state index in [4.69, 9.17) is 9.88 Å². The van der Waals surface area contributed by atoms with Crippen LogP contribution in [0.3, 0.4) is 0 Å². The van der Waals surface area contributed by atoms with E-state index < -0.39 is 11.8 Å². The van der Waals surface area contributed by atoms with Crippen molar-refractivity contribution in [1.82, 2.24) is 19.5 Å². The number of alkyl halides is 2. The molecular formula is C23H28F2N6OS. The number of hydrogen-bond donors (Lipinski definition) is 2. The molecule has 176 valence electrons. The first kappa shape index (κ1) is 23.4. The highest BCUT2D eigenvalue weighted by molar-refractivity contribution is 8.00. The number of rotatable bonds is 9. The molecule has 2 atom stereocenters. The van der Waals surface area contributed by atoms with Crippen molar-refractivity contribution >= 4 is 23.5 Å². The minimum absolute atomic E-state index is 0.0255. The molecule has 2 saturated carbocycles. The van der Waals surface area contributed by atoms with Gasteiger partial charge < -0.3 is 15.0 Å². The zero-order valence-electron chi connectivity index (χ0n) is 19.0. The van der Waals surface area contributed by atoms with Gasteiger partial charge in [0.2, 0.25) is 5.95 Å². The van der Waals surface area contributed by atoms with Crippen molar-refractivity contribution in [2.75, 3.05) is 19.0 Å². The number of aromatic nitrogens is 3. The number of ether oxygens (including phenoxy) is 1. The fourth-order valence-corrected chi connectivity index (χ4v) is 3.80. The number of allylic oxidation sites excluding steroid dienone is 2. The molecule has 2 aromatic rings. The highest BCUT2D eigenvalue weighted by Crippen LogP contribution is 2.48. The van der Waals surface area contributed by atoms with Crippen LogP contribution in [0.1, 0.15) is 27.2 Å². The first-order chi connectivity index (χ1) is 15.7. The van der Waals surface area contributed by atoms with Crippen LogP contribution in [0.4, 0.5) is 14.7 Å². The van der Waals surface area contributed by atoms with Gasteiger partial charge in [0.1, 0.15) is 5.03 Å². The average Bonchev–Trinajstić information content (AvgIpc) is 3.52. The van der Waals surface area contributed by atoms with E-state index in [0.717, 1.165) is 28.1 Å². The van der Waals surface area contributed by atoms with Crippen LogP contribution >= 0.6 is 11.9 Å². The molecule has 2 aliphatic rings. The molecule has 2 heterocycles. The summed E-state index contributed by atoms with van der Waals surface area (Å²) in [5.74, 6) is -2.09. The molecule has 3 N–H and O–H groups in total. The smallest absolute Gasteiger partial charge is 0.255 e. The first-order valence-corrected chi connectivity index (χ1v) is 11.7. The summed E-state index contributed by atoms with van der Waals surface area (Å²) >= 11 is 1.15. The maximum absolute atomic E-state index is 13.2. The second kappa shape index (κ2) is 9.21. The van der Waals surface area contributed by atoms with Crippen LogP contribution in [0.5, 0.6) is 5.75 Å². The maximum Gasteiger partial charge on any atom is 0.255 e. The Morgan fingerprint density at radius 2 is 2.24 bits per heavy atom. The number of nitrogens with two attached hydrogens (primary N) is 1. The molecule has 0 radical (unpaired) electrons. The third-order valence-corrected chi connectivity index (χ3v) is 6.11. The van der Waals surface area contributed by atoms with E-state index >= 15 is 0 Å². The van der Waals surface area contributed by atoms with E-state index in [2.05, 4.69) is 35.0 Å². The predicted octanol–water partition coefficient (Wildman–Crippen LogP) is 4.58. The molecule has 0 aliphatic heterocycles. The van der Waals surface area contributed by atoms with Gasteiger partial charge in [0, 0.05) is 31.4 Å². The number of fused-ring (bicyclic) bond motifs is 1. The van der Waals surface area contributed by atoms with Gasteiger partial charge in [-0.05, 0) is 48.6 Å². The van der Waals surface area contributed by atoms with Crippen molar-refractivity contribution in [2.24, 2.45) is 17.0 Å². The van der Waals surface area contributed by atoms with E-state index in [-0.39, 0.29) is 19.1 Å². The van der Waals surface area contributed by atoms with Crippen LogP contribution in [-0.2, 0) is 0 Å². The summed E-state index contributed by atoms with van der Waals surface area (Å²) in [6.45, 7) is 6.12. The lowest BCUT2D eigenvalue weighted by Crippen LogP contribution is -2.10. The Morgan fingerprint density at radius 3 is 2.88 bits per heavy atom. The minimum atomic E-state index is -2.61. The molecule has 0 bridgehead atoms.